The average molecular weight is 415 g/mol. The van der Waals surface area contributed by atoms with Gasteiger partial charge in [-0.15, -0.1) is 10.2 Å². The number of nitro benzene ring substituents is 2. The highest BCUT2D eigenvalue weighted by Gasteiger charge is 2.19. The second kappa shape index (κ2) is 8.48. The number of hydrogen-bond acceptors (Lipinski definition) is 9. The van der Waals surface area contributed by atoms with Gasteiger partial charge in [0.15, 0.2) is 0 Å². The molecule has 148 valence electrons. The van der Waals surface area contributed by atoms with Crippen molar-refractivity contribution in [2.24, 2.45) is 0 Å². The molecule has 1 atom stereocenters. The van der Waals surface area contributed by atoms with Gasteiger partial charge in [-0.1, -0.05) is 11.8 Å². The maximum absolute atomic E-state index is 12.3. The first-order chi connectivity index (χ1) is 13.8. The van der Waals surface area contributed by atoms with Crippen molar-refractivity contribution < 1.29 is 19.1 Å². The molecule has 29 heavy (non-hydrogen) atoms. The van der Waals surface area contributed by atoms with Gasteiger partial charge in [-0.3, -0.25) is 25.0 Å². The summed E-state index contributed by atoms with van der Waals surface area (Å²) in [7, 11) is 0. The number of hydrogen-bond donors (Lipinski definition) is 1. The predicted octanol–water partition coefficient (Wildman–Crippen LogP) is 3.67. The second-order valence-corrected chi connectivity index (χ2v) is 7.02. The number of nitro groups is 2. The van der Waals surface area contributed by atoms with Gasteiger partial charge in [0.25, 0.3) is 16.6 Å². The highest BCUT2D eigenvalue weighted by Crippen LogP contribution is 2.28. The standard InChI is InChI=1S/C17H13N5O6S/c1-10(15(23)18-12-4-8-14(9-5-12)22(26)27)29-17-20-19-16(28-17)11-2-6-13(7-3-11)21(24)25/h2-10H,1H3,(H,18,23)/t10-/m0/s1. The number of aromatic nitrogens is 2. The molecular formula is C17H13N5O6S. The van der Waals surface area contributed by atoms with Crippen LogP contribution in [-0.4, -0.2) is 31.2 Å². The molecule has 1 aromatic heterocycles. The summed E-state index contributed by atoms with van der Waals surface area (Å²) in [4.78, 5) is 32.6. The molecule has 0 aliphatic heterocycles. The quantitative estimate of drug-likeness (QED) is 0.345. The first-order valence-electron chi connectivity index (χ1n) is 8.14. The first-order valence-corrected chi connectivity index (χ1v) is 9.02. The van der Waals surface area contributed by atoms with E-state index in [9.17, 15) is 25.0 Å². The molecule has 0 saturated carbocycles. The summed E-state index contributed by atoms with van der Waals surface area (Å²) in [6.07, 6.45) is 0. The molecular weight excluding hydrogens is 402 g/mol. The van der Waals surface area contributed by atoms with Crippen LogP contribution < -0.4 is 5.32 Å². The van der Waals surface area contributed by atoms with Gasteiger partial charge in [0.2, 0.25) is 11.8 Å². The van der Waals surface area contributed by atoms with Gasteiger partial charge in [0.05, 0.1) is 15.1 Å². The third-order valence-electron chi connectivity index (χ3n) is 3.72. The number of benzene rings is 2. The number of rotatable bonds is 7. The number of non-ortho nitro benzene ring substituents is 2. The lowest BCUT2D eigenvalue weighted by atomic mass is 10.2. The first kappa shape index (κ1) is 19.9. The van der Waals surface area contributed by atoms with E-state index in [1.165, 1.54) is 48.5 Å². The average Bonchev–Trinajstić information content (AvgIpc) is 3.16. The zero-order valence-electron chi connectivity index (χ0n) is 14.8. The number of nitrogens with one attached hydrogen (secondary N) is 1. The number of carbonyl (C=O) groups is 1. The summed E-state index contributed by atoms with van der Waals surface area (Å²) in [5.74, 6) is -0.177. The molecule has 0 spiro atoms. The van der Waals surface area contributed by atoms with Gasteiger partial charge in [-0.05, 0) is 31.2 Å². The summed E-state index contributed by atoms with van der Waals surface area (Å²) >= 11 is 1.03. The molecule has 0 bridgehead atoms. The van der Waals surface area contributed by atoms with Crippen LogP contribution in [-0.2, 0) is 4.79 Å². The molecule has 0 radical (unpaired) electrons. The van der Waals surface area contributed by atoms with Crippen molar-refractivity contribution in [2.45, 2.75) is 17.4 Å². The topological polar surface area (TPSA) is 154 Å². The van der Waals surface area contributed by atoms with E-state index in [1.807, 2.05) is 0 Å². The van der Waals surface area contributed by atoms with Crippen LogP contribution in [0.2, 0.25) is 0 Å². The van der Waals surface area contributed by atoms with E-state index in [2.05, 4.69) is 15.5 Å². The van der Waals surface area contributed by atoms with Crippen molar-refractivity contribution in [3.63, 3.8) is 0 Å². The van der Waals surface area contributed by atoms with Crippen LogP contribution >= 0.6 is 11.8 Å². The number of thioether (sulfide) groups is 1. The zero-order chi connectivity index (χ0) is 21.0. The summed E-state index contributed by atoms with van der Waals surface area (Å²) in [5, 5.41) is 31.3. The number of anilines is 1. The Morgan fingerprint density at radius 3 is 2.10 bits per heavy atom. The summed E-state index contributed by atoms with van der Waals surface area (Å²) in [6, 6.07) is 11.1. The van der Waals surface area contributed by atoms with Crippen LogP contribution in [0.15, 0.2) is 58.2 Å². The number of amides is 1. The maximum atomic E-state index is 12.3. The molecule has 3 aromatic rings. The molecule has 1 heterocycles. The monoisotopic (exact) mass is 415 g/mol. The van der Waals surface area contributed by atoms with Gasteiger partial charge in [0.1, 0.15) is 0 Å². The SMILES string of the molecule is C[C@H](Sc1nnc(-c2ccc([N+](=O)[O-])cc2)o1)C(=O)Nc1ccc([N+](=O)[O-])cc1. The molecule has 11 nitrogen and oxygen atoms in total. The van der Waals surface area contributed by atoms with E-state index < -0.39 is 15.1 Å². The van der Waals surface area contributed by atoms with E-state index >= 15 is 0 Å². The van der Waals surface area contributed by atoms with Crippen molar-refractivity contribution in [1.82, 2.24) is 10.2 Å². The Labute approximate surface area is 167 Å². The minimum atomic E-state index is -0.588. The Kier molecular flexibility index (Phi) is 5.83. The van der Waals surface area contributed by atoms with E-state index in [4.69, 9.17) is 4.42 Å². The Hall–Kier alpha value is -3.80. The fraction of sp³-hybridized carbons (Fsp3) is 0.118. The zero-order valence-corrected chi connectivity index (χ0v) is 15.7. The third kappa shape index (κ3) is 4.93. The smallest absolute Gasteiger partial charge is 0.277 e. The van der Waals surface area contributed by atoms with Gasteiger partial charge in [-0.25, -0.2) is 0 Å². The minimum absolute atomic E-state index is 0.0561. The predicted molar refractivity (Wildman–Crippen MR) is 103 cm³/mol. The lowest BCUT2D eigenvalue weighted by Crippen LogP contribution is -2.22. The van der Waals surface area contributed by atoms with Crippen LogP contribution in [0.4, 0.5) is 17.1 Å². The summed E-state index contributed by atoms with van der Waals surface area (Å²) in [6.45, 7) is 1.64. The Balaban J connectivity index is 1.61. The maximum Gasteiger partial charge on any atom is 0.277 e. The molecule has 1 amide bonds. The lowest BCUT2D eigenvalue weighted by Gasteiger charge is -2.09. The largest absolute Gasteiger partial charge is 0.411 e. The Morgan fingerprint density at radius 2 is 1.55 bits per heavy atom. The van der Waals surface area contributed by atoms with Crippen molar-refractivity contribution in [2.75, 3.05) is 5.32 Å². The van der Waals surface area contributed by atoms with Gasteiger partial charge in [-0.2, -0.15) is 0 Å². The number of carbonyl (C=O) groups excluding carboxylic acids is 1. The van der Waals surface area contributed by atoms with E-state index in [1.54, 1.807) is 6.92 Å². The fourth-order valence-electron chi connectivity index (χ4n) is 2.21. The van der Waals surface area contributed by atoms with Crippen molar-refractivity contribution >= 4 is 34.7 Å². The molecule has 12 heteroatoms. The minimum Gasteiger partial charge on any atom is -0.411 e. The third-order valence-corrected chi connectivity index (χ3v) is 4.66. The van der Waals surface area contributed by atoms with E-state index in [-0.39, 0.29) is 28.4 Å². The van der Waals surface area contributed by atoms with Crippen molar-refractivity contribution in [1.29, 1.82) is 0 Å². The van der Waals surface area contributed by atoms with Crippen LogP contribution in [0.3, 0.4) is 0 Å². The molecule has 0 aliphatic carbocycles. The summed E-state index contributed by atoms with van der Waals surface area (Å²) < 4.78 is 5.50. The highest BCUT2D eigenvalue weighted by molar-refractivity contribution is 8.00. The molecule has 3 rings (SSSR count). The van der Waals surface area contributed by atoms with Crippen LogP contribution in [0.5, 0.6) is 0 Å². The molecule has 0 fully saturated rings. The van der Waals surface area contributed by atoms with E-state index in [0.717, 1.165) is 11.8 Å². The second-order valence-electron chi connectivity index (χ2n) is 5.73. The van der Waals surface area contributed by atoms with Crippen LogP contribution in [0.25, 0.3) is 11.5 Å². The highest BCUT2D eigenvalue weighted by atomic mass is 32.2. The van der Waals surface area contributed by atoms with Crippen molar-refractivity contribution in [3.8, 4) is 11.5 Å². The molecule has 0 aliphatic rings. The van der Waals surface area contributed by atoms with Crippen LogP contribution in [0, 0.1) is 20.2 Å². The van der Waals surface area contributed by atoms with Crippen molar-refractivity contribution in [3.05, 3.63) is 68.8 Å². The fourth-order valence-corrected chi connectivity index (χ4v) is 2.90. The Bertz CT molecular complexity index is 1050. The van der Waals surface area contributed by atoms with Gasteiger partial charge in [0, 0.05) is 35.5 Å². The van der Waals surface area contributed by atoms with Gasteiger partial charge >= 0.3 is 0 Å². The Morgan fingerprint density at radius 1 is 1.00 bits per heavy atom. The molecule has 1 N–H and O–H groups in total. The normalized spacial score (nSPS) is 11.6. The lowest BCUT2D eigenvalue weighted by molar-refractivity contribution is -0.385. The molecule has 2 aromatic carbocycles. The summed E-state index contributed by atoms with van der Waals surface area (Å²) in [5.41, 5.74) is 0.803. The molecule has 0 unspecified atom stereocenters. The van der Waals surface area contributed by atoms with Gasteiger partial charge < -0.3 is 9.73 Å². The van der Waals surface area contributed by atoms with E-state index in [0.29, 0.717) is 11.3 Å². The molecule has 0 saturated heterocycles. The number of nitrogens with zero attached hydrogens (tertiary/aromatic N) is 4. The van der Waals surface area contributed by atoms with Crippen LogP contribution in [0.1, 0.15) is 6.92 Å².